The molecule has 5 heteroatoms. The van der Waals surface area contributed by atoms with Crippen LogP contribution in [0, 0.1) is 6.92 Å². The van der Waals surface area contributed by atoms with Gasteiger partial charge in [0.2, 0.25) is 0 Å². The minimum atomic E-state index is 0.216. The predicted molar refractivity (Wildman–Crippen MR) is 67.7 cm³/mol. The second-order valence-electron chi connectivity index (χ2n) is 3.89. The molecule has 90 valence electrons. The standard InChI is InChI=1S/C11H21N5/c1-4-5-13-10-6-11(14-8(2)7-12)16-9(3)15-10/h6,8H,4-5,7,12H2,1-3H3,(H2,13,14,15,16). The van der Waals surface area contributed by atoms with Crippen molar-refractivity contribution in [1.82, 2.24) is 9.97 Å². The summed E-state index contributed by atoms with van der Waals surface area (Å²) in [7, 11) is 0. The van der Waals surface area contributed by atoms with Crippen molar-refractivity contribution in [2.45, 2.75) is 33.2 Å². The SMILES string of the molecule is CCCNc1cc(NC(C)CN)nc(C)n1. The molecule has 16 heavy (non-hydrogen) atoms. The van der Waals surface area contributed by atoms with Crippen LogP contribution in [-0.4, -0.2) is 29.1 Å². The molecule has 0 bridgehead atoms. The van der Waals surface area contributed by atoms with Crippen LogP contribution in [0.3, 0.4) is 0 Å². The Morgan fingerprint density at radius 1 is 1.38 bits per heavy atom. The van der Waals surface area contributed by atoms with Crippen LogP contribution >= 0.6 is 0 Å². The largest absolute Gasteiger partial charge is 0.370 e. The van der Waals surface area contributed by atoms with Gasteiger partial charge in [0, 0.05) is 25.2 Å². The monoisotopic (exact) mass is 223 g/mol. The Balaban J connectivity index is 2.73. The van der Waals surface area contributed by atoms with Gasteiger partial charge in [-0.15, -0.1) is 0 Å². The molecule has 4 N–H and O–H groups in total. The van der Waals surface area contributed by atoms with Gasteiger partial charge >= 0.3 is 0 Å². The third-order valence-electron chi connectivity index (χ3n) is 2.14. The molecule has 1 aromatic rings. The number of hydrogen-bond donors (Lipinski definition) is 3. The molecule has 1 aromatic heterocycles. The zero-order chi connectivity index (χ0) is 12.0. The number of hydrogen-bond acceptors (Lipinski definition) is 5. The third kappa shape index (κ3) is 4.02. The molecule has 1 heterocycles. The minimum absolute atomic E-state index is 0.216. The van der Waals surface area contributed by atoms with Gasteiger partial charge in [0.1, 0.15) is 17.5 Å². The Hall–Kier alpha value is -1.36. The second-order valence-corrected chi connectivity index (χ2v) is 3.89. The Morgan fingerprint density at radius 3 is 2.69 bits per heavy atom. The Bertz CT molecular complexity index is 326. The van der Waals surface area contributed by atoms with Crippen LogP contribution in [0.15, 0.2) is 6.07 Å². The molecule has 0 radical (unpaired) electrons. The van der Waals surface area contributed by atoms with E-state index in [1.807, 2.05) is 19.9 Å². The number of rotatable bonds is 6. The Kier molecular flexibility index (Phi) is 4.98. The average Bonchev–Trinajstić information content (AvgIpc) is 2.25. The van der Waals surface area contributed by atoms with Gasteiger partial charge in [-0.05, 0) is 20.3 Å². The molecule has 5 nitrogen and oxygen atoms in total. The first-order chi connectivity index (χ1) is 7.65. The maximum atomic E-state index is 5.55. The van der Waals surface area contributed by atoms with E-state index in [4.69, 9.17) is 5.73 Å². The van der Waals surface area contributed by atoms with E-state index >= 15 is 0 Å². The van der Waals surface area contributed by atoms with Gasteiger partial charge in [0.25, 0.3) is 0 Å². The van der Waals surface area contributed by atoms with Crippen molar-refractivity contribution in [3.63, 3.8) is 0 Å². The molecule has 0 spiro atoms. The molecule has 0 aliphatic heterocycles. The van der Waals surface area contributed by atoms with Gasteiger partial charge in [-0.1, -0.05) is 6.92 Å². The summed E-state index contributed by atoms with van der Waals surface area (Å²) < 4.78 is 0. The summed E-state index contributed by atoms with van der Waals surface area (Å²) in [5, 5.41) is 6.48. The number of aryl methyl sites for hydroxylation is 1. The highest BCUT2D eigenvalue weighted by molar-refractivity contribution is 5.47. The average molecular weight is 223 g/mol. The topological polar surface area (TPSA) is 75.9 Å². The van der Waals surface area contributed by atoms with Crippen LogP contribution in [0.1, 0.15) is 26.1 Å². The van der Waals surface area contributed by atoms with E-state index < -0.39 is 0 Å². The van der Waals surface area contributed by atoms with Gasteiger partial charge in [-0.3, -0.25) is 0 Å². The molecular weight excluding hydrogens is 202 g/mol. The van der Waals surface area contributed by atoms with Gasteiger partial charge in [0.15, 0.2) is 0 Å². The van der Waals surface area contributed by atoms with Crippen LogP contribution in [0.4, 0.5) is 11.6 Å². The molecule has 0 aliphatic carbocycles. The lowest BCUT2D eigenvalue weighted by Gasteiger charge is -2.13. The van der Waals surface area contributed by atoms with E-state index in [1.165, 1.54) is 0 Å². The Morgan fingerprint density at radius 2 is 2.06 bits per heavy atom. The van der Waals surface area contributed by atoms with E-state index in [0.29, 0.717) is 6.54 Å². The molecule has 1 atom stereocenters. The lowest BCUT2D eigenvalue weighted by atomic mass is 10.3. The molecule has 0 saturated heterocycles. The van der Waals surface area contributed by atoms with Crippen LogP contribution in [0.2, 0.25) is 0 Å². The minimum Gasteiger partial charge on any atom is -0.370 e. The lowest BCUT2D eigenvalue weighted by molar-refractivity contribution is 0.795. The fraction of sp³-hybridized carbons (Fsp3) is 0.636. The molecule has 0 fully saturated rings. The van der Waals surface area contributed by atoms with Gasteiger partial charge in [-0.2, -0.15) is 0 Å². The highest BCUT2D eigenvalue weighted by Gasteiger charge is 2.04. The lowest BCUT2D eigenvalue weighted by Crippen LogP contribution is -2.25. The number of nitrogens with one attached hydrogen (secondary N) is 2. The number of nitrogens with zero attached hydrogens (tertiary/aromatic N) is 2. The van der Waals surface area contributed by atoms with Crippen molar-refractivity contribution in [2.75, 3.05) is 23.7 Å². The predicted octanol–water partition coefficient (Wildman–Crippen LogP) is 1.37. The van der Waals surface area contributed by atoms with Crippen LogP contribution in [0.25, 0.3) is 0 Å². The summed E-state index contributed by atoms with van der Waals surface area (Å²) in [5.41, 5.74) is 5.55. The fourth-order valence-electron chi connectivity index (χ4n) is 1.30. The summed E-state index contributed by atoms with van der Waals surface area (Å²) in [6, 6.07) is 2.13. The van der Waals surface area contributed by atoms with Crippen molar-refractivity contribution in [1.29, 1.82) is 0 Å². The first-order valence-corrected chi connectivity index (χ1v) is 5.71. The van der Waals surface area contributed by atoms with Crippen molar-refractivity contribution < 1.29 is 0 Å². The summed E-state index contributed by atoms with van der Waals surface area (Å²) in [5.74, 6) is 2.44. The van der Waals surface area contributed by atoms with E-state index in [9.17, 15) is 0 Å². The normalized spacial score (nSPS) is 12.2. The van der Waals surface area contributed by atoms with E-state index in [-0.39, 0.29) is 6.04 Å². The summed E-state index contributed by atoms with van der Waals surface area (Å²) in [4.78, 5) is 8.62. The van der Waals surface area contributed by atoms with E-state index in [0.717, 1.165) is 30.4 Å². The fourth-order valence-corrected chi connectivity index (χ4v) is 1.30. The molecular formula is C11H21N5. The quantitative estimate of drug-likeness (QED) is 0.679. The number of aromatic nitrogens is 2. The van der Waals surface area contributed by atoms with Crippen LogP contribution in [0.5, 0.6) is 0 Å². The van der Waals surface area contributed by atoms with Crippen molar-refractivity contribution in [3.05, 3.63) is 11.9 Å². The van der Waals surface area contributed by atoms with Crippen LogP contribution < -0.4 is 16.4 Å². The zero-order valence-electron chi connectivity index (χ0n) is 10.2. The number of anilines is 2. The molecule has 0 aromatic carbocycles. The van der Waals surface area contributed by atoms with Gasteiger partial charge in [0.05, 0.1) is 0 Å². The highest BCUT2D eigenvalue weighted by atomic mass is 15.1. The first-order valence-electron chi connectivity index (χ1n) is 5.71. The maximum Gasteiger partial charge on any atom is 0.132 e. The second kappa shape index (κ2) is 6.27. The summed E-state index contributed by atoms with van der Waals surface area (Å²) >= 11 is 0. The van der Waals surface area contributed by atoms with E-state index in [1.54, 1.807) is 0 Å². The van der Waals surface area contributed by atoms with Gasteiger partial charge < -0.3 is 16.4 Å². The van der Waals surface area contributed by atoms with Crippen molar-refractivity contribution in [2.24, 2.45) is 5.73 Å². The highest BCUT2D eigenvalue weighted by Crippen LogP contribution is 2.11. The van der Waals surface area contributed by atoms with Crippen molar-refractivity contribution in [3.8, 4) is 0 Å². The summed E-state index contributed by atoms with van der Waals surface area (Å²) in [6.45, 7) is 7.53. The molecule has 0 aliphatic rings. The Labute approximate surface area is 96.9 Å². The van der Waals surface area contributed by atoms with Crippen molar-refractivity contribution >= 4 is 11.6 Å². The van der Waals surface area contributed by atoms with Crippen LogP contribution in [-0.2, 0) is 0 Å². The number of nitrogens with two attached hydrogens (primary N) is 1. The molecule has 1 rings (SSSR count). The third-order valence-corrected chi connectivity index (χ3v) is 2.14. The smallest absolute Gasteiger partial charge is 0.132 e. The van der Waals surface area contributed by atoms with E-state index in [2.05, 4.69) is 27.5 Å². The van der Waals surface area contributed by atoms with Gasteiger partial charge in [-0.25, -0.2) is 9.97 Å². The zero-order valence-corrected chi connectivity index (χ0v) is 10.2. The molecule has 0 amide bonds. The molecule has 1 unspecified atom stereocenters. The summed E-state index contributed by atoms with van der Waals surface area (Å²) in [6.07, 6.45) is 1.07. The maximum absolute atomic E-state index is 5.55. The first kappa shape index (κ1) is 12.7. The molecule has 0 saturated carbocycles.